The van der Waals surface area contributed by atoms with Crippen LogP contribution in [-0.2, 0) is 9.59 Å². The Morgan fingerprint density at radius 1 is 1.25 bits per heavy atom. The van der Waals surface area contributed by atoms with Gasteiger partial charge in [-0.25, -0.2) is 0 Å². The first-order chi connectivity index (χ1) is 9.40. The van der Waals surface area contributed by atoms with E-state index in [4.69, 9.17) is 0 Å². The second-order valence-corrected chi connectivity index (χ2v) is 6.96. The van der Waals surface area contributed by atoms with Gasteiger partial charge in [0.25, 0.3) is 0 Å². The molecule has 1 aliphatic heterocycles. The second-order valence-electron chi connectivity index (χ2n) is 6.96. The molecule has 112 valence electrons. The Morgan fingerprint density at radius 3 is 2.30 bits per heavy atom. The maximum Gasteiger partial charge on any atom is 0.233 e. The molecule has 1 aliphatic carbocycles. The van der Waals surface area contributed by atoms with Gasteiger partial charge in [-0.15, -0.1) is 0 Å². The standard InChI is InChI=1S/C17H27NO2/c1-11(2)14-7-5-13(6-8-14)10-18-16(19)9-15(12(3)4)17(18)20/h12-15H,1,5-10H2,2-4H3. The van der Waals surface area contributed by atoms with Crippen LogP contribution in [-0.4, -0.2) is 23.3 Å². The van der Waals surface area contributed by atoms with Crippen molar-refractivity contribution in [1.82, 2.24) is 4.90 Å². The Labute approximate surface area is 122 Å². The molecule has 1 heterocycles. The van der Waals surface area contributed by atoms with E-state index in [1.165, 1.54) is 10.5 Å². The molecule has 1 unspecified atom stereocenters. The Morgan fingerprint density at radius 2 is 1.85 bits per heavy atom. The third-order valence-electron chi connectivity index (χ3n) is 5.07. The van der Waals surface area contributed by atoms with Gasteiger partial charge in [0.05, 0.1) is 0 Å². The number of amides is 2. The summed E-state index contributed by atoms with van der Waals surface area (Å²) in [5, 5.41) is 0. The van der Waals surface area contributed by atoms with E-state index in [9.17, 15) is 9.59 Å². The molecule has 20 heavy (non-hydrogen) atoms. The molecule has 2 fully saturated rings. The van der Waals surface area contributed by atoms with Gasteiger partial charge in [0, 0.05) is 18.9 Å². The van der Waals surface area contributed by atoms with Gasteiger partial charge in [0.1, 0.15) is 0 Å². The van der Waals surface area contributed by atoms with E-state index in [-0.39, 0.29) is 23.7 Å². The Kier molecular flexibility index (Phi) is 4.66. The number of imide groups is 1. The highest BCUT2D eigenvalue weighted by Gasteiger charge is 2.41. The number of hydrogen-bond acceptors (Lipinski definition) is 2. The normalized spacial score (nSPS) is 31.2. The fourth-order valence-corrected chi connectivity index (χ4v) is 3.52. The van der Waals surface area contributed by atoms with E-state index in [2.05, 4.69) is 13.5 Å². The second kappa shape index (κ2) is 6.11. The van der Waals surface area contributed by atoms with Crippen LogP contribution in [0.5, 0.6) is 0 Å². The zero-order valence-electron chi connectivity index (χ0n) is 13.0. The molecule has 0 spiro atoms. The number of hydrogen-bond donors (Lipinski definition) is 0. The summed E-state index contributed by atoms with van der Waals surface area (Å²) in [7, 11) is 0. The van der Waals surface area contributed by atoms with Crippen LogP contribution >= 0.6 is 0 Å². The van der Waals surface area contributed by atoms with Crippen molar-refractivity contribution in [3.63, 3.8) is 0 Å². The van der Waals surface area contributed by atoms with Crippen LogP contribution in [0.3, 0.4) is 0 Å². The number of carbonyl (C=O) groups excluding carboxylic acids is 2. The van der Waals surface area contributed by atoms with Crippen LogP contribution in [0.25, 0.3) is 0 Å². The fourth-order valence-electron chi connectivity index (χ4n) is 3.52. The van der Waals surface area contributed by atoms with Crippen LogP contribution in [0.4, 0.5) is 0 Å². The summed E-state index contributed by atoms with van der Waals surface area (Å²) in [5.41, 5.74) is 1.27. The number of allylic oxidation sites excluding steroid dienone is 1. The third kappa shape index (κ3) is 3.13. The van der Waals surface area contributed by atoms with Crippen molar-refractivity contribution >= 4 is 11.8 Å². The molecule has 2 amide bonds. The number of rotatable bonds is 4. The van der Waals surface area contributed by atoms with Crippen LogP contribution in [0.1, 0.15) is 52.9 Å². The lowest BCUT2D eigenvalue weighted by Gasteiger charge is -2.31. The predicted octanol–water partition coefficient (Wildman–Crippen LogP) is 3.40. The number of likely N-dealkylation sites (tertiary alicyclic amines) is 1. The monoisotopic (exact) mass is 277 g/mol. The topological polar surface area (TPSA) is 37.4 Å². The average molecular weight is 277 g/mol. The van der Waals surface area contributed by atoms with E-state index < -0.39 is 0 Å². The Balaban J connectivity index is 1.90. The van der Waals surface area contributed by atoms with Crippen molar-refractivity contribution in [2.45, 2.75) is 52.9 Å². The molecular weight excluding hydrogens is 250 g/mol. The molecule has 0 aromatic carbocycles. The lowest BCUT2D eigenvalue weighted by atomic mass is 9.79. The summed E-state index contributed by atoms with van der Waals surface area (Å²) in [4.78, 5) is 25.9. The molecule has 1 saturated carbocycles. The van der Waals surface area contributed by atoms with Crippen molar-refractivity contribution < 1.29 is 9.59 Å². The van der Waals surface area contributed by atoms with Crippen molar-refractivity contribution in [3.05, 3.63) is 12.2 Å². The van der Waals surface area contributed by atoms with Gasteiger partial charge in [-0.2, -0.15) is 0 Å². The molecule has 2 rings (SSSR count). The first-order valence-electron chi connectivity index (χ1n) is 7.89. The van der Waals surface area contributed by atoms with Crippen molar-refractivity contribution in [3.8, 4) is 0 Å². The molecule has 0 radical (unpaired) electrons. The summed E-state index contributed by atoms with van der Waals surface area (Å²) in [6.07, 6.45) is 4.95. The minimum absolute atomic E-state index is 0.0377. The Bertz CT molecular complexity index is 405. The molecule has 3 nitrogen and oxygen atoms in total. The molecule has 0 N–H and O–H groups in total. The maximum atomic E-state index is 12.3. The molecule has 0 aromatic rings. The van der Waals surface area contributed by atoms with Crippen molar-refractivity contribution in [2.75, 3.05) is 6.54 Å². The fraction of sp³-hybridized carbons (Fsp3) is 0.765. The lowest BCUT2D eigenvalue weighted by molar-refractivity contribution is -0.140. The van der Waals surface area contributed by atoms with Crippen molar-refractivity contribution in [2.24, 2.45) is 23.7 Å². The average Bonchev–Trinajstić information content (AvgIpc) is 2.67. The molecule has 1 atom stereocenters. The zero-order chi connectivity index (χ0) is 14.9. The highest BCUT2D eigenvalue weighted by atomic mass is 16.2. The minimum atomic E-state index is -0.0886. The molecule has 0 aromatic heterocycles. The quantitative estimate of drug-likeness (QED) is 0.583. The van der Waals surface area contributed by atoms with Gasteiger partial charge in [-0.1, -0.05) is 26.0 Å². The van der Waals surface area contributed by atoms with Crippen LogP contribution < -0.4 is 0 Å². The van der Waals surface area contributed by atoms with Gasteiger partial charge >= 0.3 is 0 Å². The summed E-state index contributed by atoms with van der Waals surface area (Å²) >= 11 is 0. The highest BCUT2D eigenvalue weighted by molar-refractivity contribution is 6.03. The lowest BCUT2D eigenvalue weighted by Crippen LogP contribution is -2.37. The van der Waals surface area contributed by atoms with Crippen LogP contribution in [0.15, 0.2) is 12.2 Å². The van der Waals surface area contributed by atoms with E-state index in [0.29, 0.717) is 24.8 Å². The smallest absolute Gasteiger partial charge is 0.233 e. The first kappa shape index (κ1) is 15.3. The van der Waals surface area contributed by atoms with Gasteiger partial charge in [0.15, 0.2) is 0 Å². The number of nitrogens with zero attached hydrogens (tertiary/aromatic N) is 1. The molecular formula is C17H27NO2. The summed E-state index contributed by atoms with van der Waals surface area (Å²) in [5.74, 6) is 1.40. The molecule has 3 heteroatoms. The highest BCUT2D eigenvalue weighted by Crippen LogP contribution is 2.34. The van der Waals surface area contributed by atoms with Gasteiger partial charge in [0.2, 0.25) is 11.8 Å². The van der Waals surface area contributed by atoms with Crippen molar-refractivity contribution in [1.29, 1.82) is 0 Å². The van der Waals surface area contributed by atoms with E-state index in [0.717, 1.165) is 25.7 Å². The zero-order valence-corrected chi connectivity index (χ0v) is 13.0. The summed E-state index contributed by atoms with van der Waals surface area (Å²) < 4.78 is 0. The molecule has 2 aliphatic rings. The van der Waals surface area contributed by atoms with Gasteiger partial charge in [-0.05, 0) is 50.4 Å². The SMILES string of the molecule is C=C(C)C1CCC(CN2C(=O)CC(C(C)C)C2=O)CC1. The summed E-state index contributed by atoms with van der Waals surface area (Å²) in [6.45, 7) is 10.8. The van der Waals surface area contributed by atoms with Gasteiger partial charge < -0.3 is 0 Å². The van der Waals surface area contributed by atoms with E-state index in [1.54, 1.807) is 0 Å². The van der Waals surface area contributed by atoms with Crippen LogP contribution in [0, 0.1) is 23.7 Å². The number of carbonyl (C=O) groups is 2. The van der Waals surface area contributed by atoms with E-state index >= 15 is 0 Å². The van der Waals surface area contributed by atoms with E-state index in [1.807, 2.05) is 13.8 Å². The first-order valence-corrected chi connectivity index (χ1v) is 7.89. The predicted molar refractivity (Wildman–Crippen MR) is 79.9 cm³/mol. The largest absolute Gasteiger partial charge is 0.282 e. The Hall–Kier alpha value is -1.12. The molecule has 0 bridgehead atoms. The third-order valence-corrected chi connectivity index (χ3v) is 5.07. The molecule has 1 saturated heterocycles. The van der Waals surface area contributed by atoms with Crippen LogP contribution in [0.2, 0.25) is 0 Å². The maximum absolute atomic E-state index is 12.3. The minimum Gasteiger partial charge on any atom is -0.282 e. The summed E-state index contributed by atoms with van der Waals surface area (Å²) in [6, 6.07) is 0. The van der Waals surface area contributed by atoms with Gasteiger partial charge in [-0.3, -0.25) is 14.5 Å².